The number of hydrogen-bond donors (Lipinski definition) is 2. The quantitative estimate of drug-likeness (QED) is 0.165. The van der Waals surface area contributed by atoms with E-state index in [0.29, 0.717) is 11.3 Å². The van der Waals surface area contributed by atoms with E-state index in [-0.39, 0.29) is 35.5 Å². The standard InChI is InChI=1S/C21H24N8O5S2/c1-4-34-25-13(16-24-21(22)36-26-16)17(30)23-14-18(31)29-15(20(32)33)11(10-35-19(14)29)8-28-7-5-6-12(9-28)27(2)3/h5-7,9,14,19H,4,8,10H2,1-3H3,(H3-,22,23,24,26,30,32,33)/t14?,19-/m0/s1. The second-order valence-electron chi connectivity index (χ2n) is 8.04. The van der Waals surface area contributed by atoms with E-state index >= 15 is 0 Å². The SMILES string of the molecule is CCON=C(C(=O)NC1C(=O)N2C(C(=O)[O-])=C(C[n+]3cccc(N(C)C)c3)CS[C@@H]12)c1nsc(N)n1. The van der Waals surface area contributed by atoms with Crippen LogP contribution in [0.25, 0.3) is 0 Å². The molecule has 0 aliphatic carbocycles. The lowest BCUT2D eigenvalue weighted by Gasteiger charge is -2.50. The largest absolute Gasteiger partial charge is 0.543 e. The molecule has 3 N–H and O–H groups in total. The van der Waals surface area contributed by atoms with Crippen molar-refractivity contribution in [3.8, 4) is 0 Å². The molecule has 13 nitrogen and oxygen atoms in total. The molecule has 1 saturated heterocycles. The second kappa shape index (κ2) is 10.5. The monoisotopic (exact) mass is 532 g/mol. The molecule has 1 unspecified atom stereocenters. The van der Waals surface area contributed by atoms with Crippen molar-refractivity contribution in [1.29, 1.82) is 0 Å². The maximum Gasteiger partial charge on any atom is 0.278 e. The number of nitrogens with zero attached hydrogens (tertiary/aromatic N) is 6. The second-order valence-corrected chi connectivity index (χ2v) is 9.93. The molecular weight excluding hydrogens is 508 g/mol. The Kier molecular flexibility index (Phi) is 7.40. The van der Waals surface area contributed by atoms with Crippen LogP contribution in [0.3, 0.4) is 0 Å². The number of β-lactam (4-membered cyclic amide) rings is 1. The number of amides is 2. The molecule has 2 atom stereocenters. The van der Waals surface area contributed by atoms with Gasteiger partial charge in [0.15, 0.2) is 24.1 Å². The van der Waals surface area contributed by atoms with Gasteiger partial charge in [-0.05, 0) is 13.0 Å². The zero-order chi connectivity index (χ0) is 26.0. The van der Waals surface area contributed by atoms with Crippen LogP contribution in [-0.2, 0) is 25.8 Å². The highest BCUT2D eigenvalue weighted by atomic mass is 32.2. The van der Waals surface area contributed by atoms with Gasteiger partial charge in [0.25, 0.3) is 11.8 Å². The summed E-state index contributed by atoms with van der Waals surface area (Å²) in [6.45, 7) is 2.16. The first-order valence-corrected chi connectivity index (χ1v) is 12.7. The number of fused-ring (bicyclic) bond motifs is 1. The molecule has 4 rings (SSSR count). The van der Waals surface area contributed by atoms with Gasteiger partial charge in [0, 0.05) is 43.0 Å². The van der Waals surface area contributed by atoms with Gasteiger partial charge in [-0.3, -0.25) is 14.5 Å². The highest BCUT2D eigenvalue weighted by Crippen LogP contribution is 2.40. The molecular formula is C21H24N8O5S2. The lowest BCUT2D eigenvalue weighted by molar-refractivity contribution is -0.688. The van der Waals surface area contributed by atoms with E-state index in [2.05, 4.69) is 19.8 Å². The highest BCUT2D eigenvalue weighted by Gasteiger charge is 2.53. The van der Waals surface area contributed by atoms with Crippen LogP contribution in [0.4, 0.5) is 10.8 Å². The lowest BCUT2D eigenvalue weighted by Crippen LogP contribution is -2.71. The fourth-order valence-corrected chi connectivity index (χ4v) is 5.51. The Labute approximate surface area is 214 Å². The van der Waals surface area contributed by atoms with Gasteiger partial charge in [0.2, 0.25) is 11.5 Å². The maximum absolute atomic E-state index is 13.0. The maximum atomic E-state index is 13.0. The first-order chi connectivity index (χ1) is 17.2. The third-order valence-corrected chi connectivity index (χ3v) is 7.30. The molecule has 0 saturated carbocycles. The van der Waals surface area contributed by atoms with Crippen LogP contribution in [0.15, 0.2) is 41.0 Å². The van der Waals surface area contributed by atoms with Crippen LogP contribution in [0.1, 0.15) is 12.7 Å². The van der Waals surface area contributed by atoms with Crippen LogP contribution >= 0.6 is 23.3 Å². The van der Waals surface area contributed by atoms with Crippen molar-refractivity contribution >= 4 is 57.6 Å². The molecule has 1 fully saturated rings. The van der Waals surface area contributed by atoms with Crippen LogP contribution < -0.4 is 25.6 Å². The number of oxime groups is 1. The average Bonchev–Trinajstić information content (AvgIpc) is 3.28. The zero-order valence-electron chi connectivity index (χ0n) is 19.7. The van der Waals surface area contributed by atoms with Gasteiger partial charge in [-0.1, -0.05) is 5.16 Å². The van der Waals surface area contributed by atoms with Crippen molar-refractivity contribution in [3.63, 3.8) is 0 Å². The minimum atomic E-state index is -1.45. The van der Waals surface area contributed by atoms with E-state index in [0.717, 1.165) is 17.2 Å². The number of anilines is 2. The number of rotatable bonds is 9. The summed E-state index contributed by atoms with van der Waals surface area (Å²) in [5.41, 5.74) is 6.69. The Morgan fingerprint density at radius 1 is 1.44 bits per heavy atom. The normalized spacial score (nSPS) is 19.5. The number of carboxylic acid groups (broad SMARTS) is 1. The average molecular weight is 533 g/mol. The predicted octanol–water partition coefficient (Wildman–Crippen LogP) is -1.68. The van der Waals surface area contributed by atoms with Crippen molar-refractivity contribution in [2.75, 3.05) is 37.1 Å². The van der Waals surface area contributed by atoms with Crippen LogP contribution in [0.5, 0.6) is 0 Å². The van der Waals surface area contributed by atoms with Gasteiger partial charge in [0.1, 0.15) is 23.7 Å². The van der Waals surface area contributed by atoms with Crippen molar-refractivity contribution in [3.05, 3.63) is 41.6 Å². The topological polar surface area (TPSA) is 170 Å². The molecule has 2 aromatic heterocycles. The molecule has 0 bridgehead atoms. The molecule has 2 aromatic rings. The van der Waals surface area contributed by atoms with Gasteiger partial charge < -0.3 is 30.7 Å². The summed E-state index contributed by atoms with van der Waals surface area (Å²) in [6, 6.07) is 2.83. The summed E-state index contributed by atoms with van der Waals surface area (Å²) in [4.78, 5) is 50.0. The number of nitrogen functional groups attached to an aromatic ring is 1. The smallest absolute Gasteiger partial charge is 0.278 e. The highest BCUT2D eigenvalue weighted by molar-refractivity contribution is 8.00. The fraction of sp³-hybridized carbons (Fsp3) is 0.381. The summed E-state index contributed by atoms with van der Waals surface area (Å²) in [7, 11) is 3.81. The third-order valence-electron chi connectivity index (χ3n) is 5.41. The van der Waals surface area contributed by atoms with E-state index in [1.165, 1.54) is 16.7 Å². The van der Waals surface area contributed by atoms with Crippen molar-refractivity contribution in [1.82, 2.24) is 19.6 Å². The Morgan fingerprint density at radius 3 is 2.86 bits per heavy atom. The predicted molar refractivity (Wildman–Crippen MR) is 131 cm³/mol. The van der Waals surface area contributed by atoms with E-state index in [9.17, 15) is 19.5 Å². The Morgan fingerprint density at radius 2 is 2.22 bits per heavy atom. The summed E-state index contributed by atoms with van der Waals surface area (Å²) in [5, 5.41) is 18.0. The van der Waals surface area contributed by atoms with Gasteiger partial charge in [-0.2, -0.15) is 13.9 Å². The number of carboxylic acids is 1. The van der Waals surface area contributed by atoms with Crippen molar-refractivity contribution < 1.29 is 28.9 Å². The first kappa shape index (κ1) is 25.4. The van der Waals surface area contributed by atoms with E-state index in [4.69, 9.17) is 10.6 Å². The van der Waals surface area contributed by atoms with Crippen LogP contribution in [0.2, 0.25) is 0 Å². The lowest BCUT2D eigenvalue weighted by atomic mass is 10.0. The van der Waals surface area contributed by atoms with E-state index in [1.54, 1.807) is 6.92 Å². The summed E-state index contributed by atoms with van der Waals surface area (Å²) in [5.74, 6) is -2.43. The van der Waals surface area contributed by atoms with E-state index < -0.39 is 29.2 Å². The number of nitrogens with two attached hydrogens (primary N) is 1. The molecule has 4 heterocycles. The fourth-order valence-electron chi connectivity index (χ4n) is 3.74. The third kappa shape index (κ3) is 4.97. The molecule has 2 aliphatic heterocycles. The van der Waals surface area contributed by atoms with E-state index in [1.807, 2.05) is 48.1 Å². The van der Waals surface area contributed by atoms with Gasteiger partial charge in [-0.15, -0.1) is 11.8 Å². The minimum Gasteiger partial charge on any atom is -0.543 e. The number of carbonyl (C=O) groups excluding carboxylic acids is 3. The number of nitrogens with one attached hydrogen (secondary N) is 1. The molecule has 0 radical (unpaired) electrons. The van der Waals surface area contributed by atoms with Gasteiger partial charge >= 0.3 is 0 Å². The minimum absolute atomic E-state index is 0.0297. The molecule has 190 valence electrons. The summed E-state index contributed by atoms with van der Waals surface area (Å²) in [6.07, 6.45) is 3.71. The van der Waals surface area contributed by atoms with Crippen molar-refractivity contribution in [2.24, 2.45) is 5.16 Å². The number of pyridine rings is 1. The summed E-state index contributed by atoms with van der Waals surface area (Å²) < 4.78 is 5.83. The van der Waals surface area contributed by atoms with Gasteiger partial charge in [-0.25, -0.2) is 0 Å². The Balaban J connectivity index is 1.53. The molecule has 0 spiro atoms. The Hall–Kier alpha value is -3.72. The molecule has 0 aromatic carbocycles. The van der Waals surface area contributed by atoms with Crippen LogP contribution in [-0.4, -0.2) is 75.6 Å². The molecule has 2 amide bonds. The van der Waals surface area contributed by atoms with Gasteiger partial charge in [0.05, 0.1) is 11.7 Å². The molecule has 15 heteroatoms. The molecule has 2 aliphatic rings. The number of thioether (sulfide) groups is 1. The summed E-state index contributed by atoms with van der Waals surface area (Å²) >= 11 is 2.24. The number of aromatic nitrogens is 3. The zero-order valence-corrected chi connectivity index (χ0v) is 21.3. The molecule has 36 heavy (non-hydrogen) atoms. The first-order valence-electron chi connectivity index (χ1n) is 10.9. The van der Waals surface area contributed by atoms with Crippen molar-refractivity contribution in [2.45, 2.75) is 24.9 Å². The number of carbonyl (C=O) groups is 3. The Bertz CT molecular complexity index is 1260. The number of aliphatic carboxylic acids is 1. The number of hydrogen-bond acceptors (Lipinski definition) is 12. The van der Waals surface area contributed by atoms with Crippen LogP contribution in [0, 0.1) is 0 Å².